The number of rotatable bonds is 0. The number of halogens is 3. The molecule has 0 atom stereocenters. The fourth-order valence-corrected chi connectivity index (χ4v) is 0.705. The third kappa shape index (κ3) is 1.66. The Morgan fingerprint density at radius 3 is 2.42 bits per heavy atom. The molecule has 0 radical (unpaired) electrons. The second-order valence-corrected chi connectivity index (χ2v) is 2.40. The van der Waals surface area contributed by atoms with Gasteiger partial charge in [-0.3, -0.25) is 4.98 Å². The molecular formula is C7H7F3N2. The zero-order valence-electron chi connectivity index (χ0n) is 6.31. The van der Waals surface area contributed by atoms with Crippen LogP contribution in [0.3, 0.4) is 0 Å². The summed E-state index contributed by atoms with van der Waals surface area (Å²) in [6.45, 7) is 1.55. The second kappa shape index (κ2) is 2.66. The molecule has 0 saturated heterocycles. The Morgan fingerprint density at radius 1 is 1.42 bits per heavy atom. The SMILES string of the molecule is Cc1ncc(C(F)(F)F)cc1N. The molecular weight excluding hydrogens is 169 g/mol. The van der Waals surface area contributed by atoms with Gasteiger partial charge >= 0.3 is 6.18 Å². The fraction of sp³-hybridized carbons (Fsp3) is 0.286. The normalized spacial score (nSPS) is 11.7. The average molecular weight is 176 g/mol. The van der Waals surface area contributed by atoms with E-state index in [1.807, 2.05) is 0 Å². The molecule has 0 aliphatic carbocycles. The topological polar surface area (TPSA) is 38.9 Å². The first kappa shape index (κ1) is 8.83. The molecule has 0 saturated carbocycles. The molecule has 2 nitrogen and oxygen atoms in total. The Labute approximate surface area is 67.2 Å². The minimum absolute atomic E-state index is 0.0600. The molecule has 66 valence electrons. The van der Waals surface area contributed by atoms with E-state index in [0.29, 0.717) is 5.69 Å². The van der Waals surface area contributed by atoms with Gasteiger partial charge in [0.2, 0.25) is 0 Å². The summed E-state index contributed by atoms with van der Waals surface area (Å²) in [5.41, 5.74) is 4.91. The van der Waals surface area contributed by atoms with Crippen molar-refractivity contribution >= 4 is 5.69 Å². The number of nitrogen functional groups attached to an aromatic ring is 1. The van der Waals surface area contributed by atoms with Gasteiger partial charge in [-0.25, -0.2) is 0 Å². The number of aryl methyl sites for hydroxylation is 1. The molecule has 1 rings (SSSR count). The van der Waals surface area contributed by atoms with Crippen LogP contribution in [0.1, 0.15) is 11.3 Å². The van der Waals surface area contributed by atoms with Gasteiger partial charge in [0.15, 0.2) is 0 Å². The molecule has 0 aliphatic heterocycles. The average Bonchev–Trinajstić information content (AvgIpc) is 1.92. The summed E-state index contributed by atoms with van der Waals surface area (Å²) < 4.78 is 36.0. The number of hydrogen-bond acceptors (Lipinski definition) is 2. The van der Waals surface area contributed by atoms with Crippen molar-refractivity contribution in [2.45, 2.75) is 13.1 Å². The van der Waals surface area contributed by atoms with Crippen molar-refractivity contribution in [2.75, 3.05) is 5.73 Å². The van der Waals surface area contributed by atoms with E-state index in [4.69, 9.17) is 5.73 Å². The molecule has 0 fully saturated rings. The van der Waals surface area contributed by atoms with Gasteiger partial charge in [0.1, 0.15) is 0 Å². The number of nitrogens with two attached hydrogens (primary N) is 1. The predicted molar refractivity (Wildman–Crippen MR) is 38.4 cm³/mol. The lowest BCUT2D eigenvalue weighted by Gasteiger charge is -2.07. The second-order valence-electron chi connectivity index (χ2n) is 2.40. The third-order valence-corrected chi connectivity index (χ3v) is 1.45. The van der Waals surface area contributed by atoms with Crippen molar-refractivity contribution in [3.8, 4) is 0 Å². The zero-order valence-corrected chi connectivity index (χ0v) is 6.31. The van der Waals surface area contributed by atoms with Gasteiger partial charge < -0.3 is 5.73 Å². The van der Waals surface area contributed by atoms with Crippen LogP contribution in [0.2, 0.25) is 0 Å². The van der Waals surface area contributed by atoms with E-state index in [2.05, 4.69) is 4.98 Å². The first-order valence-corrected chi connectivity index (χ1v) is 3.20. The van der Waals surface area contributed by atoms with Crippen LogP contribution in [0, 0.1) is 6.92 Å². The van der Waals surface area contributed by atoms with Crippen LogP contribution in [0.5, 0.6) is 0 Å². The van der Waals surface area contributed by atoms with Gasteiger partial charge in [0, 0.05) is 6.20 Å². The smallest absolute Gasteiger partial charge is 0.397 e. The summed E-state index contributed by atoms with van der Waals surface area (Å²) in [6.07, 6.45) is -3.60. The standard InChI is InChI=1S/C7H7F3N2/c1-4-6(11)2-5(3-12-4)7(8,9)10/h2-3H,11H2,1H3. The summed E-state index contributed by atoms with van der Waals surface area (Å²) in [5, 5.41) is 0. The van der Waals surface area contributed by atoms with E-state index in [9.17, 15) is 13.2 Å². The highest BCUT2D eigenvalue weighted by Crippen LogP contribution is 2.29. The highest BCUT2D eigenvalue weighted by molar-refractivity contribution is 5.44. The molecule has 12 heavy (non-hydrogen) atoms. The molecule has 0 spiro atoms. The van der Waals surface area contributed by atoms with Crippen LogP contribution < -0.4 is 5.73 Å². The Morgan fingerprint density at radius 2 is 2.00 bits per heavy atom. The number of anilines is 1. The van der Waals surface area contributed by atoms with Crippen molar-refractivity contribution in [1.82, 2.24) is 4.98 Å². The Kier molecular flexibility index (Phi) is 1.95. The van der Waals surface area contributed by atoms with Crippen molar-refractivity contribution in [3.63, 3.8) is 0 Å². The maximum Gasteiger partial charge on any atom is 0.417 e. The fourth-order valence-electron chi connectivity index (χ4n) is 0.705. The summed E-state index contributed by atoms with van der Waals surface area (Å²) in [4.78, 5) is 3.50. The zero-order chi connectivity index (χ0) is 9.35. The van der Waals surface area contributed by atoms with Gasteiger partial charge in [-0.15, -0.1) is 0 Å². The van der Waals surface area contributed by atoms with Gasteiger partial charge in [0.25, 0.3) is 0 Å². The van der Waals surface area contributed by atoms with Crippen molar-refractivity contribution < 1.29 is 13.2 Å². The molecule has 2 N–H and O–H groups in total. The number of nitrogens with zero attached hydrogens (tertiary/aromatic N) is 1. The molecule has 0 aliphatic rings. The summed E-state index contributed by atoms with van der Waals surface area (Å²) in [7, 11) is 0. The van der Waals surface area contributed by atoms with Crippen molar-refractivity contribution in [2.24, 2.45) is 0 Å². The van der Waals surface area contributed by atoms with Crippen molar-refractivity contribution in [1.29, 1.82) is 0 Å². The van der Waals surface area contributed by atoms with Crippen LogP contribution in [-0.4, -0.2) is 4.98 Å². The molecule has 0 unspecified atom stereocenters. The highest BCUT2D eigenvalue weighted by atomic mass is 19.4. The predicted octanol–water partition coefficient (Wildman–Crippen LogP) is 1.99. The molecule has 1 aromatic rings. The first-order chi connectivity index (χ1) is 5.41. The number of hydrogen-bond donors (Lipinski definition) is 1. The van der Waals surface area contributed by atoms with Crippen LogP contribution in [-0.2, 0) is 6.18 Å². The lowest BCUT2D eigenvalue weighted by Crippen LogP contribution is -2.07. The lowest BCUT2D eigenvalue weighted by molar-refractivity contribution is -0.137. The van der Waals surface area contributed by atoms with Crippen LogP contribution in [0.25, 0.3) is 0 Å². The number of alkyl halides is 3. The monoisotopic (exact) mass is 176 g/mol. The molecule has 0 amide bonds. The summed E-state index contributed by atoms with van der Waals surface area (Å²) in [5.74, 6) is 0. The van der Waals surface area contributed by atoms with E-state index in [1.165, 1.54) is 0 Å². The maximum absolute atomic E-state index is 12.0. The number of aromatic nitrogens is 1. The van der Waals surface area contributed by atoms with Crippen molar-refractivity contribution in [3.05, 3.63) is 23.5 Å². The van der Waals surface area contributed by atoms with Gasteiger partial charge in [-0.1, -0.05) is 0 Å². The molecule has 5 heteroatoms. The minimum Gasteiger partial charge on any atom is -0.397 e. The van der Waals surface area contributed by atoms with E-state index in [-0.39, 0.29) is 5.69 Å². The molecule has 1 aromatic heterocycles. The molecule has 0 aromatic carbocycles. The third-order valence-electron chi connectivity index (χ3n) is 1.45. The Balaban J connectivity index is 3.14. The quantitative estimate of drug-likeness (QED) is 0.656. The first-order valence-electron chi connectivity index (χ1n) is 3.20. The maximum atomic E-state index is 12.0. The van der Waals surface area contributed by atoms with Crippen LogP contribution in [0.15, 0.2) is 12.3 Å². The van der Waals surface area contributed by atoms with Crippen LogP contribution in [0.4, 0.5) is 18.9 Å². The largest absolute Gasteiger partial charge is 0.417 e. The summed E-state index contributed by atoms with van der Waals surface area (Å²) in [6, 6.07) is 0.877. The van der Waals surface area contributed by atoms with E-state index >= 15 is 0 Å². The van der Waals surface area contributed by atoms with Gasteiger partial charge in [0.05, 0.1) is 16.9 Å². The molecule has 1 heterocycles. The minimum atomic E-state index is -4.37. The van der Waals surface area contributed by atoms with E-state index in [1.54, 1.807) is 6.92 Å². The van der Waals surface area contributed by atoms with Gasteiger partial charge in [-0.2, -0.15) is 13.2 Å². The van der Waals surface area contributed by atoms with Gasteiger partial charge in [-0.05, 0) is 13.0 Å². The lowest BCUT2D eigenvalue weighted by atomic mass is 10.2. The van der Waals surface area contributed by atoms with Crippen LogP contribution >= 0.6 is 0 Å². The summed E-state index contributed by atoms with van der Waals surface area (Å²) >= 11 is 0. The number of pyridine rings is 1. The molecule has 0 bridgehead atoms. The van der Waals surface area contributed by atoms with E-state index in [0.717, 1.165) is 12.3 Å². The Hall–Kier alpha value is -1.26. The Bertz CT molecular complexity index is 293. The van der Waals surface area contributed by atoms with E-state index < -0.39 is 11.7 Å². The highest BCUT2D eigenvalue weighted by Gasteiger charge is 2.31.